The van der Waals surface area contributed by atoms with Crippen molar-refractivity contribution < 1.29 is 0 Å². The van der Waals surface area contributed by atoms with E-state index in [0.717, 1.165) is 13.1 Å². The smallest absolute Gasteiger partial charge is 0.0226 e. The summed E-state index contributed by atoms with van der Waals surface area (Å²) < 4.78 is 0. The third-order valence-corrected chi connectivity index (χ3v) is 2.67. The zero-order valence-electron chi connectivity index (χ0n) is 11.5. The van der Waals surface area contributed by atoms with E-state index in [1.165, 1.54) is 12.8 Å². The Morgan fingerprint density at radius 2 is 1.60 bits per heavy atom. The Labute approximate surface area is 96.2 Å². The van der Waals surface area contributed by atoms with E-state index in [1.807, 2.05) is 0 Å². The second-order valence-electron chi connectivity index (χ2n) is 5.78. The zero-order valence-corrected chi connectivity index (χ0v) is 11.5. The Kier molecular flexibility index (Phi) is 6.46. The van der Waals surface area contributed by atoms with E-state index in [-0.39, 0.29) is 5.54 Å². The normalized spacial score (nSPS) is 13.2. The van der Waals surface area contributed by atoms with Crippen LogP contribution in [0.25, 0.3) is 0 Å². The molecule has 2 N–H and O–H groups in total. The first-order chi connectivity index (χ1) is 6.80. The Bertz CT molecular complexity index is 154. The lowest BCUT2D eigenvalue weighted by Crippen LogP contribution is -2.50. The number of nitrogens with zero attached hydrogens (tertiary/aromatic N) is 1. The van der Waals surface area contributed by atoms with Gasteiger partial charge in [-0.1, -0.05) is 27.7 Å². The van der Waals surface area contributed by atoms with Crippen molar-refractivity contribution in [3.63, 3.8) is 0 Å². The molecule has 2 nitrogen and oxygen atoms in total. The van der Waals surface area contributed by atoms with Gasteiger partial charge in [-0.25, -0.2) is 0 Å². The van der Waals surface area contributed by atoms with E-state index in [1.54, 1.807) is 0 Å². The second-order valence-corrected chi connectivity index (χ2v) is 5.78. The maximum Gasteiger partial charge on any atom is 0.0226 e. The van der Waals surface area contributed by atoms with Gasteiger partial charge in [-0.3, -0.25) is 4.90 Å². The van der Waals surface area contributed by atoms with Crippen LogP contribution < -0.4 is 5.73 Å². The summed E-state index contributed by atoms with van der Waals surface area (Å²) in [5.74, 6) is 0.716. The molecule has 0 radical (unpaired) electrons. The van der Waals surface area contributed by atoms with Gasteiger partial charge in [-0.05, 0) is 32.6 Å². The molecule has 0 unspecified atom stereocenters. The quantitative estimate of drug-likeness (QED) is 0.706. The van der Waals surface area contributed by atoms with Crippen molar-refractivity contribution in [2.24, 2.45) is 11.7 Å². The molecule has 0 aliphatic rings. The molecular formula is C13H30N2. The van der Waals surface area contributed by atoms with Gasteiger partial charge < -0.3 is 5.73 Å². The van der Waals surface area contributed by atoms with Crippen molar-refractivity contribution in [2.45, 2.75) is 66.0 Å². The van der Waals surface area contributed by atoms with Gasteiger partial charge in [-0.2, -0.15) is 0 Å². The SMILES string of the molecule is CCC(CC)N(CC(C)C)CC(C)(C)N. The molecule has 0 saturated carbocycles. The minimum absolute atomic E-state index is 0.0858. The van der Waals surface area contributed by atoms with Crippen molar-refractivity contribution >= 4 is 0 Å². The first kappa shape index (κ1) is 14.9. The fraction of sp³-hybridized carbons (Fsp3) is 1.00. The van der Waals surface area contributed by atoms with E-state index in [4.69, 9.17) is 5.73 Å². The fourth-order valence-electron chi connectivity index (χ4n) is 2.14. The molecule has 0 aliphatic heterocycles. The summed E-state index contributed by atoms with van der Waals surface area (Å²) in [4.78, 5) is 2.56. The highest BCUT2D eigenvalue weighted by atomic mass is 15.2. The summed E-state index contributed by atoms with van der Waals surface area (Å²) in [6, 6.07) is 0.690. The van der Waals surface area contributed by atoms with Crippen molar-refractivity contribution in [1.29, 1.82) is 0 Å². The van der Waals surface area contributed by atoms with Crippen LogP contribution in [0.5, 0.6) is 0 Å². The van der Waals surface area contributed by atoms with Gasteiger partial charge in [0.2, 0.25) is 0 Å². The van der Waals surface area contributed by atoms with Crippen LogP contribution in [0.4, 0.5) is 0 Å². The highest BCUT2D eigenvalue weighted by molar-refractivity contribution is 4.81. The van der Waals surface area contributed by atoms with Crippen LogP contribution in [0, 0.1) is 5.92 Å². The maximum absolute atomic E-state index is 6.12. The summed E-state index contributed by atoms with van der Waals surface area (Å²) in [5.41, 5.74) is 6.03. The predicted molar refractivity (Wildman–Crippen MR) is 69.0 cm³/mol. The molecule has 0 heterocycles. The molecule has 0 bridgehead atoms. The average molecular weight is 214 g/mol. The Balaban J connectivity index is 4.42. The lowest BCUT2D eigenvalue weighted by atomic mass is 10.0. The van der Waals surface area contributed by atoms with E-state index in [2.05, 4.69) is 46.4 Å². The summed E-state index contributed by atoms with van der Waals surface area (Å²) in [7, 11) is 0. The van der Waals surface area contributed by atoms with Crippen LogP contribution in [0.2, 0.25) is 0 Å². The Morgan fingerprint density at radius 3 is 1.87 bits per heavy atom. The largest absolute Gasteiger partial charge is 0.324 e. The van der Waals surface area contributed by atoms with Crippen LogP contribution >= 0.6 is 0 Å². The number of nitrogens with two attached hydrogens (primary N) is 1. The number of hydrogen-bond donors (Lipinski definition) is 1. The lowest BCUT2D eigenvalue weighted by Gasteiger charge is -2.36. The molecule has 0 aromatic heterocycles. The summed E-state index contributed by atoms with van der Waals surface area (Å²) >= 11 is 0. The molecule has 0 rings (SSSR count). The van der Waals surface area contributed by atoms with Gasteiger partial charge in [0.05, 0.1) is 0 Å². The monoisotopic (exact) mass is 214 g/mol. The number of hydrogen-bond acceptors (Lipinski definition) is 2. The molecule has 0 aromatic rings. The Morgan fingerprint density at radius 1 is 1.13 bits per heavy atom. The molecule has 0 amide bonds. The average Bonchev–Trinajstić information content (AvgIpc) is 2.01. The van der Waals surface area contributed by atoms with Crippen molar-refractivity contribution in [3.8, 4) is 0 Å². The van der Waals surface area contributed by atoms with Crippen LogP contribution in [-0.2, 0) is 0 Å². The molecule has 0 spiro atoms. The fourth-order valence-corrected chi connectivity index (χ4v) is 2.14. The van der Waals surface area contributed by atoms with Crippen LogP contribution in [0.3, 0.4) is 0 Å². The lowest BCUT2D eigenvalue weighted by molar-refractivity contribution is 0.138. The van der Waals surface area contributed by atoms with Crippen molar-refractivity contribution in [3.05, 3.63) is 0 Å². The van der Waals surface area contributed by atoms with Gasteiger partial charge in [0.15, 0.2) is 0 Å². The third-order valence-electron chi connectivity index (χ3n) is 2.67. The molecule has 0 aliphatic carbocycles. The molecule has 0 fully saturated rings. The first-order valence-electron chi connectivity index (χ1n) is 6.33. The first-order valence-corrected chi connectivity index (χ1v) is 6.33. The third kappa shape index (κ3) is 6.91. The van der Waals surface area contributed by atoms with E-state index in [0.29, 0.717) is 12.0 Å². The predicted octanol–water partition coefficient (Wildman–Crippen LogP) is 2.87. The summed E-state index contributed by atoms with van der Waals surface area (Å²) in [6.07, 6.45) is 2.44. The summed E-state index contributed by atoms with van der Waals surface area (Å²) in [6.45, 7) is 15.5. The van der Waals surface area contributed by atoms with E-state index >= 15 is 0 Å². The zero-order chi connectivity index (χ0) is 12.1. The highest BCUT2D eigenvalue weighted by Gasteiger charge is 2.22. The van der Waals surface area contributed by atoms with Crippen molar-refractivity contribution in [1.82, 2.24) is 4.90 Å². The molecular weight excluding hydrogens is 184 g/mol. The number of rotatable bonds is 7. The molecule has 92 valence electrons. The molecule has 0 atom stereocenters. The van der Waals surface area contributed by atoms with Gasteiger partial charge in [0.25, 0.3) is 0 Å². The van der Waals surface area contributed by atoms with Gasteiger partial charge in [-0.15, -0.1) is 0 Å². The summed E-state index contributed by atoms with van der Waals surface area (Å²) in [5, 5.41) is 0. The van der Waals surface area contributed by atoms with Gasteiger partial charge >= 0.3 is 0 Å². The molecule has 0 aromatic carbocycles. The Hall–Kier alpha value is -0.0800. The van der Waals surface area contributed by atoms with Gasteiger partial charge in [0, 0.05) is 24.7 Å². The molecule has 15 heavy (non-hydrogen) atoms. The van der Waals surface area contributed by atoms with E-state index in [9.17, 15) is 0 Å². The van der Waals surface area contributed by atoms with Gasteiger partial charge in [0.1, 0.15) is 0 Å². The van der Waals surface area contributed by atoms with Crippen molar-refractivity contribution in [2.75, 3.05) is 13.1 Å². The topological polar surface area (TPSA) is 29.3 Å². The minimum Gasteiger partial charge on any atom is -0.324 e. The van der Waals surface area contributed by atoms with E-state index < -0.39 is 0 Å². The second kappa shape index (κ2) is 6.49. The molecule has 0 saturated heterocycles. The molecule has 2 heteroatoms. The van der Waals surface area contributed by atoms with Crippen LogP contribution in [-0.4, -0.2) is 29.6 Å². The maximum atomic E-state index is 6.12. The standard InChI is InChI=1S/C13H30N2/c1-7-12(8-2)15(9-11(3)4)10-13(5,6)14/h11-12H,7-10,14H2,1-6H3. The minimum atomic E-state index is -0.0858. The van der Waals surface area contributed by atoms with Crippen LogP contribution in [0.15, 0.2) is 0 Å². The highest BCUT2D eigenvalue weighted by Crippen LogP contribution is 2.14. The van der Waals surface area contributed by atoms with Crippen LogP contribution in [0.1, 0.15) is 54.4 Å².